The van der Waals surface area contributed by atoms with Crippen LogP contribution >= 0.6 is 22.9 Å². The van der Waals surface area contributed by atoms with Gasteiger partial charge in [-0.15, -0.1) is 11.3 Å². The first-order valence-corrected chi connectivity index (χ1v) is 8.80. The molecule has 3 aromatic rings. The Morgan fingerprint density at radius 2 is 1.83 bits per heavy atom. The highest BCUT2D eigenvalue weighted by atomic mass is 35.5. The third-order valence-corrected chi connectivity index (χ3v) is 5.18. The molecule has 3 rings (SSSR count). The molecular formula is C19H17ClN2OS. The number of amides is 1. The molecule has 0 aliphatic heterocycles. The third-order valence-electron chi connectivity index (χ3n) is 3.74. The van der Waals surface area contributed by atoms with E-state index in [-0.39, 0.29) is 5.91 Å². The SMILES string of the molecule is Cc1ccc(C(=O)Nc2nc(C)c(Cc3ccccc3Cl)s2)cc1. The fraction of sp³-hybridized carbons (Fsp3) is 0.158. The topological polar surface area (TPSA) is 42.0 Å². The maximum atomic E-state index is 12.3. The number of nitrogens with zero attached hydrogens (tertiary/aromatic N) is 1. The summed E-state index contributed by atoms with van der Waals surface area (Å²) in [5.74, 6) is -0.145. The van der Waals surface area contributed by atoms with Crippen LogP contribution in [0, 0.1) is 13.8 Å². The van der Waals surface area contributed by atoms with E-state index in [0.29, 0.717) is 17.1 Å². The Balaban J connectivity index is 1.75. The minimum atomic E-state index is -0.145. The molecule has 0 saturated heterocycles. The third kappa shape index (κ3) is 3.83. The van der Waals surface area contributed by atoms with Crippen LogP contribution in [0.4, 0.5) is 5.13 Å². The highest BCUT2D eigenvalue weighted by Gasteiger charge is 2.13. The molecule has 0 bridgehead atoms. The van der Waals surface area contributed by atoms with Crippen molar-refractivity contribution >= 4 is 34.0 Å². The molecule has 0 unspecified atom stereocenters. The average molecular weight is 357 g/mol. The second kappa shape index (κ2) is 7.16. The van der Waals surface area contributed by atoms with Crippen molar-refractivity contribution in [2.75, 3.05) is 5.32 Å². The van der Waals surface area contributed by atoms with E-state index in [4.69, 9.17) is 11.6 Å². The lowest BCUT2D eigenvalue weighted by atomic mass is 10.1. The molecule has 3 nitrogen and oxygen atoms in total. The predicted molar refractivity (Wildman–Crippen MR) is 100 cm³/mol. The Morgan fingerprint density at radius 3 is 2.54 bits per heavy atom. The van der Waals surface area contributed by atoms with E-state index >= 15 is 0 Å². The number of nitrogens with one attached hydrogen (secondary N) is 1. The lowest BCUT2D eigenvalue weighted by Crippen LogP contribution is -2.11. The molecular weight excluding hydrogens is 340 g/mol. The zero-order valence-electron chi connectivity index (χ0n) is 13.5. The van der Waals surface area contributed by atoms with Gasteiger partial charge in [-0.25, -0.2) is 4.98 Å². The molecule has 0 atom stereocenters. The van der Waals surface area contributed by atoms with E-state index < -0.39 is 0 Å². The van der Waals surface area contributed by atoms with Crippen molar-refractivity contribution < 1.29 is 4.79 Å². The van der Waals surface area contributed by atoms with Crippen molar-refractivity contribution in [2.45, 2.75) is 20.3 Å². The van der Waals surface area contributed by atoms with Gasteiger partial charge in [-0.05, 0) is 37.6 Å². The summed E-state index contributed by atoms with van der Waals surface area (Å²) in [5, 5.41) is 4.23. The van der Waals surface area contributed by atoms with Crippen molar-refractivity contribution in [3.63, 3.8) is 0 Å². The summed E-state index contributed by atoms with van der Waals surface area (Å²) in [6.45, 7) is 3.94. The second-order valence-corrected chi connectivity index (χ2v) is 7.11. The van der Waals surface area contributed by atoms with Gasteiger partial charge in [-0.1, -0.05) is 47.5 Å². The predicted octanol–water partition coefficient (Wildman–Crippen LogP) is 5.26. The van der Waals surface area contributed by atoms with Gasteiger partial charge >= 0.3 is 0 Å². The molecule has 0 spiro atoms. The molecule has 0 fully saturated rings. The van der Waals surface area contributed by atoms with Crippen molar-refractivity contribution in [1.29, 1.82) is 0 Å². The fourth-order valence-electron chi connectivity index (χ4n) is 2.33. The van der Waals surface area contributed by atoms with Crippen molar-refractivity contribution in [3.8, 4) is 0 Å². The molecule has 1 aromatic heterocycles. The fourth-order valence-corrected chi connectivity index (χ4v) is 3.52. The minimum Gasteiger partial charge on any atom is -0.298 e. The number of benzene rings is 2. The smallest absolute Gasteiger partial charge is 0.257 e. The van der Waals surface area contributed by atoms with E-state index in [9.17, 15) is 4.79 Å². The van der Waals surface area contributed by atoms with Crippen molar-refractivity contribution in [1.82, 2.24) is 4.98 Å². The van der Waals surface area contributed by atoms with Crippen LogP contribution in [0.15, 0.2) is 48.5 Å². The van der Waals surface area contributed by atoms with Crippen LogP contribution in [0.3, 0.4) is 0 Å². The normalized spacial score (nSPS) is 10.6. The van der Waals surface area contributed by atoms with Gasteiger partial charge in [0.1, 0.15) is 0 Å². The molecule has 1 N–H and O–H groups in total. The number of halogens is 1. The summed E-state index contributed by atoms with van der Waals surface area (Å²) in [6, 6.07) is 15.2. The number of thiazole rings is 1. The van der Waals surface area contributed by atoms with Gasteiger partial charge < -0.3 is 0 Å². The van der Waals surface area contributed by atoms with Gasteiger partial charge in [0.2, 0.25) is 0 Å². The highest BCUT2D eigenvalue weighted by Crippen LogP contribution is 2.28. The first-order chi connectivity index (χ1) is 11.5. The van der Waals surface area contributed by atoms with Crippen molar-refractivity contribution in [3.05, 3.63) is 80.8 Å². The first-order valence-electron chi connectivity index (χ1n) is 7.60. The molecule has 24 heavy (non-hydrogen) atoms. The number of hydrogen-bond donors (Lipinski definition) is 1. The maximum Gasteiger partial charge on any atom is 0.257 e. The standard InChI is InChI=1S/C19H17ClN2OS/c1-12-7-9-14(10-8-12)18(23)22-19-21-13(2)17(24-19)11-15-5-3-4-6-16(15)20/h3-10H,11H2,1-2H3,(H,21,22,23). The highest BCUT2D eigenvalue weighted by molar-refractivity contribution is 7.15. The zero-order chi connectivity index (χ0) is 17.1. The van der Waals surface area contributed by atoms with Crippen LogP contribution in [-0.4, -0.2) is 10.9 Å². The Morgan fingerprint density at radius 1 is 1.12 bits per heavy atom. The van der Waals surface area contributed by atoms with Crippen LogP contribution < -0.4 is 5.32 Å². The minimum absolute atomic E-state index is 0.145. The van der Waals surface area contributed by atoms with Gasteiger partial charge in [-0.3, -0.25) is 10.1 Å². The molecule has 2 aromatic carbocycles. The number of carbonyl (C=O) groups excluding carboxylic acids is 1. The van der Waals surface area contributed by atoms with E-state index in [1.165, 1.54) is 11.3 Å². The molecule has 0 aliphatic rings. The van der Waals surface area contributed by atoms with Gasteiger partial charge in [0, 0.05) is 21.9 Å². The molecule has 0 saturated carbocycles. The van der Waals surface area contributed by atoms with Gasteiger partial charge in [0.15, 0.2) is 5.13 Å². The quantitative estimate of drug-likeness (QED) is 0.693. The molecule has 122 valence electrons. The van der Waals surface area contributed by atoms with Crippen LogP contribution in [-0.2, 0) is 6.42 Å². The summed E-state index contributed by atoms with van der Waals surface area (Å²) in [6.07, 6.45) is 0.712. The molecule has 1 heterocycles. The number of carbonyl (C=O) groups is 1. The van der Waals surface area contributed by atoms with E-state index in [1.807, 2.05) is 62.4 Å². The first kappa shape index (κ1) is 16.7. The zero-order valence-corrected chi connectivity index (χ0v) is 15.0. The van der Waals surface area contributed by atoms with E-state index in [2.05, 4.69) is 10.3 Å². The Hall–Kier alpha value is -2.17. The Labute approximate surface area is 150 Å². The average Bonchev–Trinajstić information content (AvgIpc) is 2.89. The molecule has 0 radical (unpaired) electrons. The number of hydrogen-bond acceptors (Lipinski definition) is 3. The summed E-state index contributed by atoms with van der Waals surface area (Å²) < 4.78 is 0. The molecule has 0 aliphatic carbocycles. The number of rotatable bonds is 4. The summed E-state index contributed by atoms with van der Waals surface area (Å²) in [7, 11) is 0. The monoisotopic (exact) mass is 356 g/mol. The lowest BCUT2D eigenvalue weighted by Gasteiger charge is -2.02. The van der Waals surface area contributed by atoms with E-state index in [1.54, 1.807) is 0 Å². The van der Waals surface area contributed by atoms with Gasteiger partial charge in [0.05, 0.1) is 5.69 Å². The molecule has 5 heteroatoms. The number of anilines is 1. The van der Waals surface area contributed by atoms with Crippen molar-refractivity contribution in [2.24, 2.45) is 0 Å². The Bertz CT molecular complexity index is 871. The van der Waals surface area contributed by atoms with Crippen LogP contribution in [0.1, 0.15) is 32.1 Å². The maximum absolute atomic E-state index is 12.3. The Kier molecular flexibility index (Phi) is 4.97. The van der Waals surface area contributed by atoms with Crippen LogP contribution in [0.25, 0.3) is 0 Å². The number of aryl methyl sites for hydroxylation is 2. The van der Waals surface area contributed by atoms with E-state index in [0.717, 1.165) is 26.7 Å². The lowest BCUT2D eigenvalue weighted by molar-refractivity contribution is 0.102. The molecule has 1 amide bonds. The summed E-state index contributed by atoms with van der Waals surface area (Å²) in [5.41, 5.74) is 3.72. The van der Waals surface area contributed by atoms with Crippen LogP contribution in [0.5, 0.6) is 0 Å². The van der Waals surface area contributed by atoms with Gasteiger partial charge in [0.25, 0.3) is 5.91 Å². The van der Waals surface area contributed by atoms with Gasteiger partial charge in [-0.2, -0.15) is 0 Å². The van der Waals surface area contributed by atoms with Crippen LogP contribution in [0.2, 0.25) is 5.02 Å². The largest absolute Gasteiger partial charge is 0.298 e. The second-order valence-electron chi connectivity index (χ2n) is 5.62. The summed E-state index contributed by atoms with van der Waals surface area (Å²) >= 11 is 7.71. The number of aromatic nitrogens is 1. The summed E-state index contributed by atoms with van der Waals surface area (Å²) in [4.78, 5) is 17.9.